The molecule has 0 fully saturated rings. The largest absolute Gasteiger partial charge is 0.462 e. The summed E-state index contributed by atoms with van der Waals surface area (Å²) in [5, 5.41) is 13.0. The van der Waals surface area contributed by atoms with Gasteiger partial charge in [-0.05, 0) is 37.3 Å². The van der Waals surface area contributed by atoms with E-state index in [0.29, 0.717) is 0 Å². The van der Waals surface area contributed by atoms with Crippen molar-refractivity contribution in [1.29, 1.82) is 0 Å². The number of alkyl halides is 2. The molecule has 0 saturated carbocycles. The number of imide groups is 1. The van der Waals surface area contributed by atoms with Crippen molar-refractivity contribution in [3.8, 4) is 5.75 Å². The average molecular weight is 466 g/mol. The van der Waals surface area contributed by atoms with Crippen LogP contribution in [0.4, 0.5) is 14.5 Å². The van der Waals surface area contributed by atoms with Crippen molar-refractivity contribution in [3.05, 3.63) is 69.3 Å². The number of nitro groups is 1. The van der Waals surface area contributed by atoms with Crippen molar-refractivity contribution >= 4 is 29.4 Å². The quantitative estimate of drug-likeness (QED) is 0.334. The van der Waals surface area contributed by atoms with Gasteiger partial charge in [-0.3, -0.25) is 25.0 Å². The molecular formula is C20H16F2N2O9. The van der Waals surface area contributed by atoms with Gasteiger partial charge in [0, 0.05) is 17.7 Å². The first-order chi connectivity index (χ1) is 15.6. The molecule has 2 rings (SSSR count). The van der Waals surface area contributed by atoms with Gasteiger partial charge in [0.05, 0.1) is 22.7 Å². The zero-order valence-electron chi connectivity index (χ0n) is 16.9. The minimum Gasteiger partial charge on any atom is -0.462 e. The van der Waals surface area contributed by atoms with Gasteiger partial charge >= 0.3 is 18.6 Å². The van der Waals surface area contributed by atoms with E-state index in [1.54, 1.807) is 0 Å². The number of rotatable bonds is 9. The highest BCUT2D eigenvalue weighted by molar-refractivity contribution is 6.05. The number of esters is 2. The van der Waals surface area contributed by atoms with Crippen molar-refractivity contribution in [3.63, 3.8) is 0 Å². The second kappa shape index (κ2) is 11.3. The van der Waals surface area contributed by atoms with E-state index in [1.807, 2.05) is 5.32 Å². The van der Waals surface area contributed by atoms with Crippen LogP contribution in [0.25, 0.3) is 0 Å². The van der Waals surface area contributed by atoms with Crippen LogP contribution in [0.2, 0.25) is 0 Å². The molecule has 0 heterocycles. The van der Waals surface area contributed by atoms with Crippen LogP contribution in [0.5, 0.6) is 5.75 Å². The summed E-state index contributed by atoms with van der Waals surface area (Å²) in [5.74, 6) is -4.19. The molecule has 0 aliphatic carbocycles. The molecule has 2 amide bonds. The van der Waals surface area contributed by atoms with E-state index < -0.39 is 47.6 Å². The van der Waals surface area contributed by atoms with Crippen LogP contribution in [-0.2, 0) is 14.3 Å². The van der Waals surface area contributed by atoms with E-state index in [4.69, 9.17) is 9.47 Å². The molecule has 2 aromatic rings. The average Bonchev–Trinajstić information content (AvgIpc) is 2.77. The van der Waals surface area contributed by atoms with Gasteiger partial charge in [-0.15, -0.1) is 0 Å². The van der Waals surface area contributed by atoms with Crippen LogP contribution in [-0.4, -0.2) is 48.5 Å². The maximum Gasteiger partial charge on any atom is 0.387 e. The number of ether oxygens (including phenoxy) is 3. The standard InChI is InChI=1S/C20H16F2N2O9/c1-2-31-18(27)12-7-13(9-14(8-12)24(29)30)19(28)32-10-16(25)23-17(26)11-3-5-15(6-4-11)33-20(21)22/h3-9,20H,2,10H2,1H3,(H,23,25,26). The van der Waals surface area contributed by atoms with Crippen molar-refractivity contribution in [2.75, 3.05) is 13.2 Å². The molecule has 174 valence electrons. The second-order valence-corrected chi connectivity index (χ2v) is 6.10. The monoisotopic (exact) mass is 466 g/mol. The summed E-state index contributed by atoms with van der Waals surface area (Å²) in [6.07, 6.45) is 0. The lowest BCUT2D eigenvalue weighted by atomic mass is 10.1. The number of hydrogen-bond acceptors (Lipinski definition) is 9. The van der Waals surface area contributed by atoms with Gasteiger partial charge < -0.3 is 14.2 Å². The predicted molar refractivity (Wildman–Crippen MR) is 105 cm³/mol. The zero-order chi connectivity index (χ0) is 24.5. The Morgan fingerprint density at radius 2 is 1.55 bits per heavy atom. The van der Waals surface area contributed by atoms with Crippen molar-refractivity contribution in [1.82, 2.24) is 5.32 Å². The Balaban J connectivity index is 2.00. The molecule has 0 aromatic heterocycles. The van der Waals surface area contributed by atoms with Crippen LogP contribution < -0.4 is 10.1 Å². The first-order valence-electron chi connectivity index (χ1n) is 9.13. The highest BCUT2D eigenvalue weighted by atomic mass is 19.3. The molecule has 33 heavy (non-hydrogen) atoms. The number of nitrogens with one attached hydrogen (secondary N) is 1. The number of carbonyl (C=O) groups is 4. The second-order valence-electron chi connectivity index (χ2n) is 6.10. The van der Waals surface area contributed by atoms with Gasteiger partial charge in [0.2, 0.25) is 0 Å². The number of amides is 2. The lowest BCUT2D eigenvalue weighted by Crippen LogP contribution is -2.34. The molecule has 0 aliphatic heterocycles. The van der Waals surface area contributed by atoms with Gasteiger partial charge in [-0.2, -0.15) is 8.78 Å². The Kier molecular flexibility index (Phi) is 8.49. The topological polar surface area (TPSA) is 151 Å². The highest BCUT2D eigenvalue weighted by Gasteiger charge is 2.21. The van der Waals surface area contributed by atoms with Crippen LogP contribution in [0.3, 0.4) is 0 Å². The van der Waals surface area contributed by atoms with Crippen molar-refractivity contribution in [2.45, 2.75) is 13.5 Å². The van der Waals surface area contributed by atoms with Gasteiger partial charge in [-0.25, -0.2) is 9.59 Å². The Morgan fingerprint density at radius 3 is 2.06 bits per heavy atom. The fourth-order valence-corrected chi connectivity index (χ4v) is 2.40. The Labute approximate surface area is 184 Å². The lowest BCUT2D eigenvalue weighted by molar-refractivity contribution is -0.384. The van der Waals surface area contributed by atoms with Gasteiger partial charge in [0.1, 0.15) is 5.75 Å². The summed E-state index contributed by atoms with van der Waals surface area (Å²) < 4.78 is 37.9. The van der Waals surface area contributed by atoms with E-state index in [1.165, 1.54) is 6.92 Å². The van der Waals surface area contributed by atoms with Crippen LogP contribution in [0, 0.1) is 10.1 Å². The lowest BCUT2D eigenvalue weighted by Gasteiger charge is -2.08. The van der Waals surface area contributed by atoms with E-state index >= 15 is 0 Å². The summed E-state index contributed by atoms with van der Waals surface area (Å²) in [7, 11) is 0. The van der Waals surface area contributed by atoms with E-state index in [-0.39, 0.29) is 29.0 Å². The van der Waals surface area contributed by atoms with Crippen molar-refractivity contribution in [2.24, 2.45) is 0 Å². The van der Waals surface area contributed by atoms with Gasteiger partial charge in [-0.1, -0.05) is 0 Å². The normalized spacial score (nSPS) is 10.3. The highest BCUT2D eigenvalue weighted by Crippen LogP contribution is 2.19. The smallest absolute Gasteiger partial charge is 0.387 e. The summed E-state index contributed by atoms with van der Waals surface area (Å²) in [5.41, 5.74) is -1.29. The predicted octanol–water partition coefficient (Wildman–Crippen LogP) is 2.49. The molecule has 0 aliphatic rings. The number of non-ortho nitro benzene ring substituents is 1. The number of halogens is 2. The molecule has 0 bridgehead atoms. The molecule has 0 spiro atoms. The third-order valence-corrected chi connectivity index (χ3v) is 3.80. The van der Waals surface area contributed by atoms with E-state index in [9.17, 15) is 38.1 Å². The molecule has 0 saturated heterocycles. The molecule has 11 nitrogen and oxygen atoms in total. The molecule has 2 aromatic carbocycles. The third-order valence-electron chi connectivity index (χ3n) is 3.80. The van der Waals surface area contributed by atoms with Crippen molar-refractivity contribution < 1.29 is 47.1 Å². The summed E-state index contributed by atoms with van der Waals surface area (Å²) >= 11 is 0. The van der Waals surface area contributed by atoms with Gasteiger partial charge in [0.25, 0.3) is 17.5 Å². The number of hydrogen-bond donors (Lipinski definition) is 1. The first-order valence-corrected chi connectivity index (χ1v) is 9.13. The Bertz CT molecular complexity index is 1070. The molecule has 13 heteroatoms. The SMILES string of the molecule is CCOC(=O)c1cc(C(=O)OCC(=O)NC(=O)c2ccc(OC(F)F)cc2)cc([N+](=O)[O-])c1. The minimum atomic E-state index is -3.04. The molecular weight excluding hydrogens is 450 g/mol. The number of carbonyl (C=O) groups excluding carboxylic acids is 4. The Morgan fingerprint density at radius 1 is 0.970 bits per heavy atom. The summed E-state index contributed by atoms with van der Waals surface area (Å²) in [6, 6.07) is 7.21. The maximum atomic E-state index is 12.2. The van der Waals surface area contributed by atoms with E-state index in [0.717, 1.165) is 42.5 Å². The first kappa shape index (κ1) is 24.8. The van der Waals surface area contributed by atoms with Crippen LogP contribution in [0.15, 0.2) is 42.5 Å². The summed E-state index contributed by atoms with van der Waals surface area (Å²) in [4.78, 5) is 58.2. The fourth-order valence-electron chi connectivity index (χ4n) is 2.40. The Hall–Kier alpha value is -4.42. The number of nitrogens with zero attached hydrogens (tertiary/aromatic N) is 1. The zero-order valence-corrected chi connectivity index (χ0v) is 16.9. The summed E-state index contributed by atoms with van der Waals surface area (Å²) in [6.45, 7) is -2.44. The van der Waals surface area contributed by atoms with Gasteiger partial charge in [0.15, 0.2) is 6.61 Å². The molecule has 1 N–H and O–H groups in total. The fraction of sp³-hybridized carbons (Fsp3) is 0.200. The molecule has 0 radical (unpaired) electrons. The third kappa shape index (κ3) is 7.34. The minimum absolute atomic E-state index is 0.00250. The molecule has 0 unspecified atom stereocenters. The number of nitro benzene ring substituents is 1. The van der Waals surface area contributed by atoms with E-state index in [2.05, 4.69) is 4.74 Å². The van der Waals surface area contributed by atoms with Crippen LogP contribution >= 0.6 is 0 Å². The maximum absolute atomic E-state index is 12.2. The molecule has 0 atom stereocenters. The number of benzene rings is 2. The van der Waals surface area contributed by atoms with Crippen LogP contribution in [0.1, 0.15) is 38.0 Å².